The van der Waals surface area contributed by atoms with E-state index in [4.69, 9.17) is 44.3 Å². The summed E-state index contributed by atoms with van der Waals surface area (Å²) in [5.41, 5.74) is 0.118. The highest BCUT2D eigenvalue weighted by Crippen LogP contribution is 2.45. The standard InChI is InChI=1S/C22H11Br4Cl3N2O7/c1-6(31-20(34)9-7(27)4-8(28)17(29)12(9)21(31)35)5-38-22(36)37-3-2-30-18(32)10-11(19(30)33)14(24)16(26)15(25)13(10)23/h4,6H,2-3,5H2,1H3. The van der Waals surface area contributed by atoms with Gasteiger partial charge >= 0.3 is 6.16 Å². The highest BCUT2D eigenvalue weighted by molar-refractivity contribution is 9.15. The lowest BCUT2D eigenvalue weighted by molar-refractivity contribution is 0.0263. The molecule has 0 fully saturated rings. The SMILES string of the molecule is CC(COC(=O)OCCN1C(=O)c2c(Br)c(Br)c(Br)c(Br)c2C1=O)N1C(=O)c2c(Cl)cc(Cl)c(Cl)c2C1=O. The fourth-order valence-electron chi connectivity index (χ4n) is 3.86. The molecule has 0 radical (unpaired) electrons. The van der Waals surface area contributed by atoms with Gasteiger partial charge in [0.2, 0.25) is 0 Å². The van der Waals surface area contributed by atoms with Crippen LogP contribution in [0.15, 0.2) is 24.0 Å². The van der Waals surface area contributed by atoms with Gasteiger partial charge in [-0.2, -0.15) is 0 Å². The van der Waals surface area contributed by atoms with Crippen LogP contribution in [-0.2, 0) is 9.47 Å². The van der Waals surface area contributed by atoms with Crippen molar-refractivity contribution in [3.05, 3.63) is 61.3 Å². The number of ether oxygens (including phenoxy) is 2. The van der Waals surface area contributed by atoms with Crippen LogP contribution in [0.2, 0.25) is 15.1 Å². The van der Waals surface area contributed by atoms with Gasteiger partial charge in [0.15, 0.2) is 0 Å². The maximum absolute atomic E-state index is 12.9. The van der Waals surface area contributed by atoms with Crippen molar-refractivity contribution in [2.45, 2.75) is 13.0 Å². The number of fused-ring (bicyclic) bond motifs is 2. The quantitative estimate of drug-likeness (QED) is 0.132. The molecule has 1 atom stereocenters. The molecule has 0 bridgehead atoms. The van der Waals surface area contributed by atoms with E-state index < -0.39 is 42.4 Å². The molecule has 4 amide bonds. The van der Waals surface area contributed by atoms with Crippen LogP contribution >= 0.6 is 98.5 Å². The maximum Gasteiger partial charge on any atom is 0.508 e. The summed E-state index contributed by atoms with van der Waals surface area (Å²) in [5.74, 6) is -2.58. The predicted molar refractivity (Wildman–Crippen MR) is 151 cm³/mol. The first-order valence-corrected chi connectivity index (χ1v) is 14.7. The number of carbonyl (C=O) groups excluding carboxylic acids is 5. The molecular formula is C22H11Br4Cl3N2O7. The zero-order valence-corrected chi connectivity index (χ0v) is 27.3. The molecule has 0 aromatic heterocycles. The van der Waals surface area contributed by atoms with Gasteiger partial charge in [-0.05, 0) is 76.7 Å². The Hall–Kier alpha value is -1.22. The fraction of sp³-hybridized carbons (Fsp3) is 0.227. The largest absolute Gasteiger partial charge is 0.508 e. The summed E-state index contributed by atoms with van der Waals surface area (Å²) in [5, 5.41) is -0.120. The zero-order valence-electron chi connectivity index (χ0n) is 18.7. The van der Waals surface area contributed by atoms with E-state index in [1.54, 1.807) is 0 Å². The molecule has 9 nitrogen and oxygen atoms in total. The first-order valence-electron chi connectivity index (χ1n) is 10.4. The Balaban J connectivity index is 1.34. The van der Waals surface area contributed by atoms with Gasteiger partial charge < -0.3 is 9.47 Å². The Morgan fingerprint density at radius 3 is 1.87 bits per heavy atom. The van der Waals surface area contributed by atoms with Gasteiger partial charge in [0.05, 0.1) is 49.9 Å². The van der Waals surface area contributed by atoms with Gasteiger partial charge in [0.1, 0.15) is 13.2 Å². The number of hydrogen-bond donors (Lipinski definition) is 0. The predicted octanol–water partition coefficient (Wildman–Crippen LogP) is 7.13. The van der Waals surface area contributed by atoms with Crippen molar-refractivity contribution in [1.29, 1.82) is 0 Å². The van der Waals surface area contributed by atoms with E-state index in [0.717, 1.165) is 9.80 Å². The van der Waals surface area contributed by atoms with E-state index in [0.29, 0.717) is 17.9 Å². The van der Waals surface area contributed by atoms with Crippen LogP contribution in [0.25, 0.3) is 0 Å². The summed E-state index contributed by atoms with van der Waals surface area (Å²) in [6.45, 7) is 0.486. The topological polar surface area (TPSA) is 110 Å². The average Bonchev–Trinajstić information content (AvgIpc) is 3.28. The molecule has 0 N–H and O–H groups in total. The summed E-state index contributed by atoms with van der Waals surface area (Å²) in [4.78, 5) is 65.3. The molecule has 200 valence electrons. The van der Waals surface area contributed by atoms with Crippen LogP contribution in [0, 0.1) is 0 Å². The van der Waals surface area contributed by atoms with E-state index in [1.165, 1.54) is 13.0 Å². The fourth-order valence-corrected chi connectivity index (χ4v) is 7.09. The number of imide groups is 2. The molecule has 0 saturated carbocycles. The number of rotatable bonds is 6. The molecule has 0 spiro atoms. The van der Waals surface area contributed by atoms with E-state index in [1.807, 2.05) is 0 Å². The second-order valence-corrected chi connectivity index (χ2v) is 12.3. The number of benzene rings is 2. The van der Waals surface area contributed by atoms with Gasteiger partial charge in [0, 0.05) is 17.9 Å². The second-order valence-electron chi connectivity index (χ2n) is 7.91. The molecule has 2 aromatic carbocycles. The molecule has 1 unspecified atom stereocenters. The summed E-state index contributed by atoms with van der Waals surface area (Å²) >= 11 is 31.5. The van der Waals surface area contributed by atoms with E-state index in [2.05, 4.69) is 63.7 Å². The Morgan fingerprint density at radius 2 is 1.32 bits per heavy atom. The van der Waals surface area contributed by atoms with Crippen molar-refractivity contribution in [2.24, 2.45) is 0 Å². The smallest absolute Gasteiger partial charge is 0.432 e. The van der Waals surface area contributed by atoms with E-state index in [-0.39, 0.29) is 50.5 Å². The summed E-state index contributed by atoms with van der Waals surface area (Å²) in [6.07, 6.45) is -1.13. The first kappa shape index (κ1) is 29.8. The average molecular weight is 841 g/mol. The first-order chi connectivity index (χ1) is 17.8. The van der Waals surface area contributed by atoms with Crippen LogP contribution in [0.4, 0.5) is 4.79 Å². The molecular weight excluding hydrogens is 830 g/mol. The monoisotopic (exact) mass is 836 g/mol. The van der Waals surface area contributed by atoms with E-state index >= 15 is 0 Å². The van der Waals surface area contributed by atoms with Crippen LogP contribution < -0.4 is 0 Å². The van der Waals surface area contributed by atoms with Crippen molar-refractivity contribution in [3.63, 3.8) is 0 Å². The van der Waals surface area contributed by atoms with Crippen molar-refractivity contribution in [1.82, 2.24) is 9.80 Å². The lowest BCUT2D eigenvalue weighted by Crippen LogP contribution is -2.41. The summed E-state index contributed by atoms with van der Waals surface area (Å²) in [7, 11) is 0. The highest BCUT2D eigenvalue weighted by atomic mass is 79.9. The van der Waals surface area contributed by atoms with Gasteiger partial charge in [-0.25, -0.2) is 4.79 Å². The van der Waals surface area contributed by atoms with Gasteiger partial charge in [-0.1, -0.05) is 34.8 Å². The molecule has 0 saturated heterocycles. The number of amides is 4. The Morgan fingerprint density at radius 1 is 0.789 bits per heavy atom. The Labute approximate surface area is 263 Å². The molecule has 4 rings (SSSR count). The zero-order chi connectivity index (χ0) is 28.2. The normalized spacial score (nSPS) is 15.3. The third-order valence-corrected chi connectivity index (χ3v) is 11.5. The lowest BCUT2D eigenvalue weighted by atomic mass is 10.1. The van der Waals surface area contributed by atoms with Crippen molar-refractivity contribution < 1.29 is 33.4 Å². The minimum absolute atomic E-state index is 0.0175. The Kier molecular flexibility index (Phi) is 8.88. The number of nitrogens with zero attached hydrogens (tertiary/aromatic N) is 2. The summed E-state index contributed by atoms with van der Waals surface area (Å²) in [6, 6.07) is 0.365. The second kappa shape index (κ2) is 11.3. The highest BCUT2D eigenvalue weighted by Gasteiger charge is 2.43. The van der Waals surface area contributed by atoms with Gasteiger partial charge in [-0.15, -0.1) is 0 Å². The van der Waals surface area contributed by atoms with Gasteiger partial charge in [-0.3, -0.25) is 29.0 Å². The van der Waals surface area contributed by atoms with Crippen molar-refractivity contribution in [3.8, 4) is 0 Å². The summed E-state index contributed by atoms with van der Waals surface area (Å²) < 4.78 is 11.9. The molecule has 2 aliphatic heterocycles. The van der Waals surface area contributed by atoms with Crippen molar-refractivity contribution >= 4 is 128 Å². The van der Waals surface area contributed by atoms with Gasteiger partial charge in [0.25, 0.3) is 23.6 Å². The minimum atomic E-state index is -1.13. The van der Waals surface area contributed by atoms with Crippen LogP contribution in [0.3, 0.4) is 0 Å². The number of hydrogen-bond acceptors (Lipinski definition) is 7. The van der Waals surface area contributed by atoms with E-state index in [9.17, 15) is 24.0 Å². The molecule has 16 heteroatoms. The lowest BCUT2D eigenvalue weighted by Gasteiger charge is -2.22. The molecule has 0 aliphatic carbocycles. The maximum atomic E-state index is 12.9. The molecule has 38 heavy (non-hydrogen) atoms. The molecule has 2 heterocycles. The number of carbonyl (C=O) groups is 5. The van der Waals surface area contributed by atoms with Crippen molar-refractivity contribution in [2.75, 3.05) is 19.8 Å². The van der Waals surface area contributed by atoms with Crippen LogP contribution in [0.5, 0.6) is 0 Å². The van der Waals surface area contributed by atoms with Crippen LogP contribution in [0.1, 0.15) is 48.4 Å². The Bertz CT molecular complexity index is 1420. The third-order valence-electron chi connectivity index (χ3n) is 5.64. The number of halogens is 7. The molecule has 2 aliphatic rings. The molecule has 2 aromatic rings. The van der Waals surface area contributed by atoms with Crippen LogP contribution in [-0.4, -0.2) is 65.4 Å². The minimum Gasteiger partial charge on any atom is -0.432 e. The third kappa shape index (κ3) is 4.92.